The lowest BCUT2D eigenvalue weighted by atomic mass is 10.1. The molecule has 1 aromatic heterocycles. The minimum absolute atomic E-state index is 0.0120. The van der Waals surface area contributed by atoms with Crippen molar-refractivity contribution < 1.29 is 29.1 Å². The molecule has 0 aliphatic carbocycles. The van der Waals surface area contributed by atoms with Gasteiger partial charge in [0, 0.05) is 29.8 Å². The van der Waals surface area contributed by atoms with Crippen LogP contribution < -0.4 is 27.4 Å². The van der Waals surface area contributed by atoms with Gasteiger partial charge in [0.1, 0.15) is 18.1 Å². The van der Waals surface area contributed by atoms with Crippen LogP contribution in [-0.4, -0.2) is 80.3 Å². The summed E-state index contributed by atoms with van der Waals surface area (Å²) in [7, 11) is 0. The van der Waals surface area contributed by atoms with Crippen molar-refractivity contribution in [1.29, 1.82) is 0 Å². The number of nitrogens with zero attached hydrogens (tertiary/aromatic N) is 1. The summed E-state index contributed by atoms with van der Waals surface area (Å²) in [5.41, 5.74) is 11.2. The Hall–Kier alpha value is -2.78. The van der Waals surface area contributed by atoms with E-state index in [1.165, 1.54) is 12.5 Å². The zero-order valence-corrected chi connectivity index (χ0v) is 18.1. The highest BCUT2D eigenvalue weighted by atomic mass is 32.1. The van der Waals surface area contributed by atoms with E-state index in [1.807, 2.05) is 0 Å². The molecule has 0 aliphatic heterocycles. The molecule has 1 heterocycles. The molecule has 31 heavy (non-hydrogen) atoms. The topological polar surface area (TPSA) is 222 Å². The van der Waals surface area contributed by atoms with Gasteiger partial charge < -0.3 is 37.5 Å². The number of nitrogens with two attached hydrogens (primary N) is 2. The van der Waals surface area contributed by atoms with Crippen LogP contribution in [0.5, 0.6) is 0 Å². The molecule has 0 spiro atoms. The van der Waals surface area contributed by atoms with Crippen LogP contribution in [0.1, 0.15) is 12.1 Å². The minimum atomic E-state index is -1.41. The lowest BCUT2D eigenvalue weighted by Crippen LogP contribution is -2.58. The zero-order chi connectivity index (χ0) is 23.6. The number of imidazole rings is 1. The number of hydrogen-bond acceptors (Lipinski definition) is 9. The SMILES string of the molecule is NC(=O)CC(NC(=O)C(N)CS)C(=O)NC(Cc1cnc[nH]1)C(=O)NC(CS)C(=O)O. The third-order valence-corrected chi connectivity index (χ3v) is 4.74. The van der Waals surface area contributed by atoms with Gasteiger partial charge in [0.05, 0.1) is 18.8 Å². The van der Waals surface area contributed by atoms with Crippen LogP contribution in [0.3, 0.4) is 0 Å². The van der Waals surface area contributed by atoms with Crippen molar-refractivity contribution in [3.8, 4) is 0 Å². The summed E-state index contributed by atoms with van der Waals surface area (Å²) in [4.78, 5) is 66.5. The molecular formula is C16H25N7O6S2. The van der Waals surface area contributed by atoms with Gasteiger partial charge >= 0.3 is 5.97 Å². The van der Waals surface area contributed by atoms with E-state index in [0.29, 0.717) is 5.69 Å². The molecule has 4 atom stereocenters. The van der Waals surface area contributed by atoms with E-state index in [-0.39, 0.29) is 17.9 Å². The third-order valence-electron chi connectivity index (χ3n) is 3.98. The Labute approximate surface area is 188 Å². The molecule has 172 valence electrons. The quantitative estimate of drug-likeness (QED) is 0.130. The number of carbonyl (C=O) groups excluding carboxylic acids is 4. The highest BCUT2D eigenvalue weighted by Gasteiger charge is 2.31. The Bertz CT molecular complexity index is 791. The van der Waals surface area contributed by atoms with Crippen LogP contribution in [0.15, 0.2) is 12.5 Å². The maximum Gasteiger partial charge on any atom is 0.327 e. The lowest BCUT2D eigenvalue weighted by Gasteiger charge is -2.24. The van der Waals surface area contributed by atoms with Crippen LogP contribution in [0, 0.1) is 0 Å². The molecule has 4 amide bonds. The van der Waals surface area contributed by atoms with Crippen LogP contribution in [0.25, 0.3) is 0 Å². The van der Waals surface area contributed by atoms with Crippen molar-refractivity contribution in [2.45, 2.75) is 37.0 Å². The summed E-state index contributed by atoms with van der Waals surface area (Å²) in [5.74, 6) is -4.84. The Morgan fingerprint density at radius 2 is 1.58 bits per heavy atom. The highest BCUT2D eigenvalue weighted by molar-refractivity contribution is 7.80. The molecule has 13 nitrogen and oxygen atoms in total. The second-order valence-corrected chi connectivity index (χ2v) is 7.18. The molecule has 15 heteroatoms. The first kappa shape index (κ1) is 26.3. The van der Waals surface area contributed by atoms with Crippen LogP contribution in [0.2, 0.25) is 0 Å². The van der Waals surface area contributed by atoms with Gasteiger partial charge in [0.25, 0.3) is 0 Å². The first-order valence-corrected chi connectivity index (χ1v) is 10.2. The fourth-order valence-electron chi connectivity index (χ4n) is 2.33. The van der Waals surface area contributed by atoms with Gasteiger partial charge in [0.15, 0.2) is 0 Å². The van der Waals surface area contributed by atoms with Crippen LogP contribution >= 0.6 is 25.3 Å². The normalized spacial score (nSPS) is 14.5. The summed E-state index contributed by atoms with van der Waals surface area (Å²) in [6.07, 6.45) is 2.14. The lowest BCUT2D eigenvalue weighted by molar-refractivity contribution is -0.141. The van der Waals surface area contributed by atoms with Gasteiger partial charge in [0.2, 0.25) is 23.6 Å². The number of aliphatic carboxylic acids is 1. The number of aromatic amines is 1. The summed E-state index contributed by atoms with van der Waals surface area (Å²) in [5, 5.41) is 16.1. The van der Waals surface area contributed by atoms with Crippen molar-refractivity contribution in [3.05, 3.63) is 18.2 Å². The number of carboxylic acid groups (broad SMARTS) is 1. The maximum atomic E-state index is 12.7. The van der Waals surface area contributed by atoms with E-state index < -0.39 is 60.2 Å². The Kier molecular flexibility index (Phi) is 10.8. The number of primary amides is 1. The molecule has 0 aromatic carbocycles. The fourth-order valence-corrected chi connectivity index (χ4v) is 2.74. The second-order valence-electron chi connectivity index (χ2n) is 6.44. The van der Waals surface area contributed by atoms with Crippen LogP contribution in [0.4, 0.5) is 0 Å². The number of carbonyl (C=O) groups is 5. The molecular weight excluding hydrogens is 450 g/mol. The van der Waals surface area contributed by atoms with E-state index in [9.17, 15) is 24.0 Å². The summed E-state index contributed by atoms with van der Waals surface area (Å²) in [6.45, 7) is 0. The van der Waals surface area contributed by atoms with Gasteiger partial charge in [-0.1, -0.05) is 0 Å². The van der Waals surface area contributed by atoms with Gasteiger partial charge in [-0.05, 0) is 0 Å². The molecule has 0 bridgehead atoms. The van der Waals surface area contributed by atoms with E-state index in [2.05, 4.69) is 51.2 Å². The number of nitrogens with one attached hydrogen (secondary N) is 4. The third kappa shape index (κ3) is 8.85. The van der Waals surface area contributed by atoms with Gasteiger partial charge in [-0.15, -0.1) is 0 Å². The molecule has 1 rings (SSSR count). The zero-order valence-electron chi connectivity index (χ0n) is 16.3. The minimum Gasteiger partial charge on any atom is -0.480 e. The van der Waals surface area contributed by atoms with Crippen molar-refractivity contribution in [3.63, 3.8) is 0 Å². The van der Waals surface area contributed by atoms with E-state index in [1.54, 1.807) is 0 Å². The predicted molar refractivity (Wildman–Crippen MR) is 115 cm³/mol. The number of thiol groups is 2. The molecule has 0 aliphatic rings. The van der Waals surface area contributed by atoms with Crippen molar-refractivity contribution in [2.24, 2.45) is 11.5 Å². The standard InChI is InChI=1S/C16H25N7O6S2/c17-8(4-30)13(25)21-10(2-12(18)24)15(27)22-9(1-7-3-19-6-20-7)14(26)23-11(5-31)16(28)29/h3,6,8-11,30-31H,1-2,4-5,17H2,(H2,18,24)(H,19,20)(H,21,25)(H,22,27)(H,23,26)(H,28,29). The van der Waals surface area contributed by atoms with Crippen LogP contribution in [-0.2, 0) is 30.4 Å². The molecule has 0 fully saturated rings. The Morgan fingerprint density at radius 1 is 1.00 bits per heavy atom. The Balaban J connectivity index is 3.03. The smallest absolute Gasteiger partial charge is 0.327 e. The highest BCUT2D eigenvalue weighted by Crippen LogP contribution is 2.03. The average Bonchev–Trinajstić information content (AvgIpc) is 3.22. The summed E-state index contributed by atoms with van der Waals surface area (Å²) >= 11 is 7.77. The number of amides is 4. The monoisotopic (exact) mass is 475 g/mol. The molecule has 0 radical (unpaired) electrons. The predicted octanol–water partition coefficient (Wildman–Crippen LogP) is -3.45. The number of rotatable bonds is 13. The van der Waals surface area contributed by atoms with Gasteiger partial charge in [-0.25, -0.2) is 9.78 Å². The van der Waals surface area contributed by atoms with E-state index in [4.69, 9.17) is 16.6 Å². The number of carboxylic acids is 1. The number of H-pyrrole nitrogens is 1. The molecule has 1 aromatic rings. The summed E-state index contributed by atoms with van der Waals surface area (Å²) in [6, 6.07) is -5.01. The second kappa shape index (κ2) is 12.8. The molecule has 9 N–H and O–H groups in total. The summed E-state index contributed by atoms with van der Waals surface area (Å²) < 4.78 is 0. The first-order valence-electron chi connectivity index (χ1n) is 8.95. The van der Waals surface area contributed by atoms with Crippen molar-refractivity contribution >= 4 is 54.9 Å². The number of hydrogen-bond donors (Lipinski definition) is 9. The average molecular weight is 476 g/mol. The first-order chi connectivity index (χ1) is 14.6. The fraction of sp³-hybridized carbons (Fsp3) is 0.500. The van der Waals surface area contributed by atoms with Gasteiger partial charge in [-0.2, -0.15) is 25.3 Å². The molecule has 4 unspecified atom stereocenters. The van der Waals surface area contributed by atoms with Crippen molar-refractivity contribution in [2.75, 3.05) is 11.5 Å². The Morgan fingerprint density at radius 3 is 2.06 bits per heavy atom. The molecule has 0 saturated carbocycles. The molecule has 0 saturated heterocycles. The van der Waals surface area contributed by atoms with Gasteiger partial charge in [-0.3, -0.25) is 19.2 Å². The largest absolute Gasteiger partial charge is 0.480 e. The van der Waals surface area contributed by atoms with Crippen molar-refractivity contribution in [1.82, 2.24) is 25.9 Å². The maximum absolute atomic E-state index is 12.7. The van der Waals surface area contributed by atoms with E-state index in [0.717, 1.165) is 0 Å². The number of aromatic nitrogens is 2. The van der Waals surface area contributed by atoms with E-state index >= 15 is 0 Å².